The summed E-state index contributed by atoms with van der Waals surface area (Å²) in [5.74, 6) is 1.25. The molecule has 1 rings (SSSR count). The van der Waals surface area contributed by atoms with Gasteiger partial charge in [0.2, 0.25) is 0 Å². The van der Waals surface area contributed by atoms with Crippen molar-refractivity contribution in [3.05, 3.63) is 36.5 Å². The van der Waals surface area contributed by atoms with E-state index in [1.54, 1.807) is 0 Å². The Bertz CT molecular complexity index is 218. The van der Waals surface area contributed by atoms with Crippen molar-refractivity contribution < 1.29 is 0 Å². The van der Waals surface area contributed by atoms with E-state index in [1.807, 2.05) is 0 Å². The molecule has 0 spiro atoms. The van der Waals surface area contributed by atoms with Crippen molar-refractivity contribution in [2.75, 3.05) is 0 Å². The van der Waals surface area contributed by atoms with E-state index in [2.05, 4.69) is 58.6 Å². The van der Waals surface area contributed by atoms with Crippen LogP contribution in [0.2, 0.25) is 0 Å². The molecule has 0 aromatic heterocycles. The molecule has 0 saturated carbocycles. The molecule has 0 aliphatic heterocycles. The number of unbranched alkanes of at least 4 members (excludes halogenated alkanes) is 1. The minimum atomic E-state index is 0.609. The van der Waals surface area contributed by atoms with E-state index in [0.717, 1.165) is 0 Å². The van der Waals surface area contributed by atoms with Crippen molar-refractivity contribution >= 4 is 0 Å². The molecule has 0 aromatic rings. The highest BCUT2D eigenvalue weighted by atomic mass is 14.2. The normalized spacial score (nSPS) is 24.7. The third-order valence-corrected chi connectivity index (χ3v) is 2.75. The fourth-order valence-electron chi connectivity index (χ4n) is 1.69. The van der Waals surface area contributed by atoms with Crippen LogP contribution in [-0.4, -0.2) is 0 Å². The third-order valence-electron chi connectivity index (χ3n) is 2.75. The summed E-state index contributed by atoms with van der Waals surface area (Å²) in [4.78, 5) is 0. The number of hydrogen-bond acceptors (Lipinski definition) is 0. The predicted octanol–water partition coefficient (Wildman–Crippen LogP) is 5.14. The molecular weight excluding hydrogens is 180 g/mol. The third kappa shape index (κ3) is 5.61. The van der Waals surface area contributed by atoms with Gasteiger partial charge in [-0.1, -0.05) is 56.6 Å². The highest BCUT2D eigenvalue weighted by Gasteiger charge is 2.19. The summed E-state index contributed by atoms with van der Waals surface area (Å²) in [7, 11) is 0. The van der Waals surface area contributed by atoms with Gasteiger partial charge >= 0.3 is 0 Å². The van der Waals surface area contributed by atoms with Crippen LogP contribution in [0.25, 0.3) is 0 Å². The van der Waals surface area contributed by atoms with Gasteiger partial charge in [0.15, 0.2) is 0 Å². The van der Waals surface area contributed by atoms with Crippen LogP contribution in [0, 0.1) is 11.8 Å². The Morgan fingerprint density at radius 3 is 2.40 bits per heavy atom. The quantitative estimate of drug-likeness (QED) is 0.561. The zero-order valence-electron chi connectivity index (χ0n) is 10.8. The molecule has 0 aromatic carbocycles. The van der Waals surface area contributed by atoms with E-state index < -0.39 is 0 Å². The minimum Gasteiger partial charge on any atom is -0.103 e. The molecule has 15 heavy (non-hydrogen) atoms. The maximum Gasteiger partial charge on any atom is 0.00148 e. The second-order valence-corrected chi connectivity index (χ2v) is 4.22. The number of rotatable bonds is 3. The Morgan fingerprint density at radius 1 is 1.40 bits per heavy atom. The molecule has 1 aliphatic rings. The molecule has 0 heteroatoms. The maximum absolute atomic E-state index is 3.84. The van der Waals surface area contributed by atoms with Crippen molar-refractivity contribution in [2.45, 2.75) is 47.0 Å². The summed E-state index contributed by atoms with van der Waals surface area (Å²) in [5.41, 5.74) is 1.50. The van der Waals surface area contributed by atoms with Gasteiger partial charge in [0, 0.05) is 5.92 Å². The van der Waals surface area contributed by atoms with Crippen LogP contribution in [0.5, 0.6) is 0 Å². The van der Waals surface area contributed by atoms with Gasteiger partial charge in [-0.3, -0.25) is 0 Å². The lowest BCUT2D eigenvalue weighted by atomic mass is 9.95. The van der Waals surface area contributed by atoms with Crippen molar-refractivity contribution in [1.29, 1.82) is 0 Å². The summed E-state index contributed by atoms with van der Waals surface area (Å²) in [6.45, 7) is 12.5. The second kappa shape index (κ2) is 8.52. The van der Waals surface area contributed by atoms with Crippen molar-refractivity contribution in [1.82, 2.24) is 0 Å². The van der Waals surface area contributed by atoms with E-state index in [0.29, 0.717) is 11.8 Å². The highest BCUT2D eigenvalue weighted by Crippen LogP contribution is 2.31. The summed E-state index contributed by atoms with van der Waals surface area (Å²) >= 11 is 0. The molecule has 1 aliphatic carbocycles. The summed E-state index contributed by atoms with van der Waals surface area (Å²) in [6, 6.07) is 0. The van der Waals surface area contributed by atoms with Gasteiger partial charge in [-0.15, -0.1) is 6.58 Å². The van der Waals surface area contributed by atoms with Gasteiger partial charge in [-0.2, -0.15) is 0 Å². The van der Waals surface area contributed by atoms with Crippen LogP contribution < -0.4 is 0 Å². The molecule has 0 nitrogen and oxygen atoms in total. The smallest absolute Gasteiger partial charge is 0.00148 e. The standard InChI is InChI=1S/C11H16.C4H10/c1-4-6-11-8-9(3)7-10(11)5-2;1-3-4-2/h4-6,8,10-11H,2,7H2,1,3H3;3-4H2,1-2H3/b6-4+;. The van der Waals surface area contributed by atoms with E-state index in [1.165, 1.54) is 24.8 Å². The molecular formula is C15H26. The Balaban J connectivity index is 0.000000423. The molecule has 0 fully saturated rings. The van der Waals surface area contributed by atoms with Gasteiger partial charge in [-0.25, -0.2) is 0 Å². The van der Waals surface area contributed by atoms with Gasteiger partial charge in [-0.05, 0) is 26.2 Å². The number of allylic oxidation sites excluding steroid dienone is 5. The zero-order chi connectivity index (χ0) is 11.7. The maximum atomic E-state index is 3.84. The average Bonchev–Trinajstić information content (AvgIpc) is 2.60. The van der Waals surface area contributed by atoms with Crippen LogP contribution >= 0.6 is 0 Å². The molecule has 0 radical (unpaired) electrons. The van der Waals surface area contributed by atoms with E-state index in [4.69, 9.17) is 0 Å². The highest BCUT2D eigenvalue weighted by molar-refractivity contribution is 5.19. The van der Waals surface area contributed by atoms with E-state index in [-0.39, 0.29) is 0 Å². The molecule has 0 bridgehead atoms. The Labute approximate surface area is 95.8 Å². The lowest BCUT2D eigenvalue weighted by Crippen LogP contribution is -2.00. The Kier molecular flexibility index (Phi) is 8.08. The van der Waals surface area contributed by atoms with Crippen LogP contribution in [0.3, 0.4) is 0 Å². The SMILES string of the molecule is C=CC1CC(C)=CC1/C=C/C.CCCC. The van der Waals surface area contributed by atoms with E-state index in [9.17, 15) is 0 Å². The number of hydrogen-bond donors (Lipinski definition) is 0. The van der Waals surface area contributed by atoms with Crippen LogP contribution in [0.4, 0.5) is 0 Å². The van der Waals surface area contributed by atoms with Crippen molar-refractivity contribution in [3.8, 4) is 0 Å². The topological polar surface area (TPSA) is 0 Å². The summed E-state index contributed by atoms with van der Waals surface area (Å²) < 4.78 is 0. The van der Waals surface area contributed by atoms with Gasteiger partial charge < -0.3 is 0 Å². The molecule has 2 atom stereocenters. The largest absolute Gasteiger partial charge is 0.103 e. The molecule has 0 saturated heterocycles. The first kappa shape index (κ1) is 14.2. The van der Waals surface area contributed by atoms with E-state index >= 15 is 0 Å². The predicted molar refractivity (Wildman–Crippen MR) is 70.9 cm³/mol. The first-order valence-electron chi connectivity index (χ1n) is 6.12. The van der Waals surface area contributed by atoms with Crippen LogP contribution in [-0.2, 0) is 0 Å². The first-order chi connectivity index (χ1) is 7.19. The van der Waals surface area contributed by atoms with Crippen LogP contribution in [0.1, 0.15) is 47.0 Å². The monoisotopic (exact) mass is 206 g/mol. The van der Waals surface area contributed by atoms with Crippen molar-refractivity contribution in [3.63, 3.8) is 0 Å². The Morgan fingerprint density at radius 2 is 2.00 bits per heavy atom. The minimum absolute atomic E-state index is 0.609. The zero-order valence-corrected chi connectivity index (χ0v) is 10.8. The lowest BCUT2D eigenvalue weighted by molar-refractivity contribution is 0.598. The average molecular weight is 206 g/mol. The first-order valence-corrected chi connectivity index (χ1v) is 6.12. The van der Waals surface area contributed by atoms with Gasteiger partial charge in [0.1, 0.15) is 0 Å². The molecule has 0 amide bonds. The summed E-state index contributed by atoms with van der Waals surface area (Å²) in [5, 5.41) is 0. The lowest BCUT2D eigenvalue weighted by Gasteiger charge is -2.09. The fraction of sp³-hybridized carbons (Fsp3) is 0.600. The van der Waals surface area contributed by atoms with Crippen molar-refractivity contribution in [2.24, 2.45) is 11.8 Å². The van der Waals surface area contributed by atoms with Gasteiger partial charge in [0.05, 0.1) is 0 Å². The summed E-state index contributed by atoms with van der Waals surface area (Å²) in [6.07, 6.45) is 12.6. The molecule has 0 heterocycles. The molecule has 86 valence electrons. The van der Waals surface area contributed by atoms with Crippen LogP contribution in [0.15, 0.2) is 36.5 Å². The Hall–Kier alpha value is -0.780. The molecule has 0 N–H and O–H groups in total. The van der Waals surface area contributed by atoms with Gasteiger partial charge in [0.25, 0.3) is 0 Å². The fourth-order valence-corrected chi connectivity index (χ4v) is 1.69. The molecule has 2 unspecified atom stereocenters. The second-order valence-electron chi connectivity index (χ2n) is 4.22.